The monoisotopic (exact) mass is 680 g/mol. The molecule has 14 nitrogen and oxygen atoms in total. The minimum atomic E-state index is -1.40. The number of carbonyl (C=O) groups is 3. The molecule has 50 heavy (non-hydrogen) atoms. The number of pyridine rings is 2. The quantitative estimate of drug-likeness (QED) is 0.140. The van der Waals surface area contributed by atoms with Crippen LogP contribution < -0.4 is 25.8 Å². The van der Waals surface area contributed by atoms with Gasteiger partial charge in [-0.2, -0.15) is 15.0 Å². The molecule has 7 rings (SSSR count). The second kappa shape index (κ2) is 14.1. The number of nitrogens with zero attached hydrogens (tertiary/aromatic N) is 7. The first-order valence-electron chi connectivity index (χ1n) is 16.7. The molecule has 5 heterocycles. The number of ether oxygens (including phenoxy) is 1. The summed E-state index contributed by atoms with van der Waals surface area (Å²) in [5, 5.41) is 22.7. The van der Waals surface area contributed by atoms with Gasteiger partial charge in [-0.3, -0.25) is 19.7 Å². The molecule has 2 unspecified atom stereocenters. The number of para-hydroxylation sites is 1. The number of rotatable bonds is 13. The third-order valence-corrected chi connectivity index (χ3v) is 9.08. The third kappa shape index (κ3) is 6.92. The molecular weight excluding hydrogens is 643 g/mol. The zero-order valence-corrected chi connectivity index (χ0v) is 27.6. The Morgan fingerprint density at radius 2 is 2.04 bits per heavy atom. The van der Waals surface area contributed by atoms with Crippen LogP contribution in [-0.2, 0) is 20.7 Å². The number of amides is 3. The number of piperidine rings is 1. The number of benzene rings is 1. The predicted octanol–water partition coefficient (Wildman–Crippen LogP) is 3.00. The van der Waals surface area contributed by atoms with E-state index in [1.807, 2.05) is 30.1 Å². The normalized spacial score (nSPS) is 17.7. The maximum Gasteiger partial charge on any atom is 0.255 e. The van der Waals surface area contributed by atoms with Gasteiger partial charge in [-0.1, -0.05) is 12.1 Å². The first kappa shape index (κ1) is 32.9. The Morgan fingerprint density at radius 1 is 1.18 bits per heavy atom. The number of aryl methyl sites for hydroxylation is 1. The minimum absolute atomic E-state index is 0.159. The SMILES string of the molecule is CN1CN(C2CCC(=O)NC2=O)c2cccc(CCCOCC(F)CNC(=O)c3cnc(-n4ncc5cc(C#N)cnc54)cc3NC3CC3)c21. The van der Waals surface area contributed by atoms with Gasteiger partial charge < -0.3 is 25.2 Å². The summed E-state index contributed by atoms with van der Waals surface area (Å²) in [6, 6.07) is 11.3. The van der Waals surface area contributed by atoms with Crippen molar-refractivity contribution < 1.29 is 23.5 Å². The first-order valence-corrected chi connectivity index (χ1v) is 16.7. The van der Waals surface area contributed by atoms with Gasteiger partial charge in [-0.05, 0) is 49.8 Å². The second-order valence-corrected chi connectivity index (χ2v) is 12.9. The molecule has 1 saturated heterocycles. The van der Waals surface area contributed by atoms with Gasteiger partial charge in [0.15, 0.2) is 11.5 Å². The summed E-state index contributed by atoms with van der Waals surface area (Å²) in [7, 11) is 1.98. The van der Waals surface area contributed by atoms with Gasteiger partial charge in [-0.25, -0.2) is 14.4 Å². The Hall–Kier alpha value is -5.62. The van der Waals surface area contributed by atoms with Crippen LogP contribution in [0.2, 0.25) is 0 Å². The molecule has 258 valence electrons. The molecule has 0 radical (unpaired) electrons. The second-order valence-electron chi connectivity index (χ2n) is 12.9. The standard InChI is InChI=1S/C35H37FN10O4/c1-44-20-45(29-9-10-31(47)43-35(29)49)28-6-2-4-22(32(28)44)5-3-11-50-19-24(36)17-40-34(48)26-18-38-30(13-27(26)42-25-7-8-25)46-33-23(16-41-46)12-21(14-37)15-39-33/h2,4,6,12-13,15-16,18,24-25,29H,3,5,7-11,17,19-20H2,1H3,(H,38,42)(H,40,48)(H,43,47,49). The van der Waals surface area contributed by atoms with Crippen molar-refractivity contribution in [1.82, 2.24) is 30.4 Å². The fourth-order valence-electron chi connectivity index (χ4n) is 6.46. The molecule has 3 N–H and O–H groups in total. The summed E-state index contributed by atoms with van der Waals surface area (Å²) >= 11 is 0. The molecule has 4 aromatic rings. The Bertz CT molecular complexity index is 1990. The van der Waals surface area contributed by atoms with Crippen LogP contribution in [0.4, 0.5) is 21.5 Å². The molecule has 3 amide bonds. The summed E-state index contributed by atoms with van der Waals surface area (Å²) < 4.78 is 22.0. The topological polar surface area (TPSA) is 170 Å². The Balaban J connectivity index is 0.905. The molecule has 15 heteroatoms. The Kier molecular flexibility index (Phi) is 9.27. The Morgan fingerprint density at radius 3 is 2.84 bits per heavy atom. The molecular formula is C35H37FN10O4. The van der Waals surface area contributed by atoms with E-state index in [-0.39, 0.29) is 31.0 Å². The first-order chi connectivity index (χ1) is 24.3. The van der Waals surface area contributed by atoms with Crippen LogP contribution in [0.25, 0.3) is 16.9 Å². The highest BCUT2D eigenvalue weighted by molar-refractivity contribution is 6.02. The maximum absolute atomic E-state index is 14.8. The van der Waals surface area contributed by atoms with Gasteiger partial charge in [0.2, 0.25) is 11.8 Å². The molecule has 3 aromatic heterocycles. The van der Waals surface area contributed by atoms with Crippen molar-refractivity contribution in [2.75, 3.05) is 48.6 Å². The number of aromatic nitrogens is 4. The number of carbonyl (C=O) groups excluding carboxylic acids is 3. The van der Waals surface area contributed by atoms with Gasteiger partial charge in [0.25, 0.3) is 5.91 Å². The molecule has 3 aliphatic rings. The average molecular weight is 681 g/mol. The predicted molar refractivity (Wildman–Crippen MR) is 183 cm³/mol. The molecule has 0 bridgehead atoms. The highest BCUT2D eigenvalue weighted by Gasteiger charge is 2.37. The number of hydrogen-bond acceptors (Lipinski definition) is 11. The zero-order valence-electron chi connectivity index (χ0n) is 27.6. The van der Waals surface area contributed by atoms with Gasteiger partial charge in [0.1, 0.15) is 18.3 Å². The van der Waals surface area contributed by atoms with Gasteiger partial charge >= 0.3 is 0 Å². The lowest BCUT2D eigenvalue weighted by Gasteiger charge is -2.31. The Labute approximate surface area is 287 Å². The summed E-state index contributed by atoms with van der Waals surface area (Å²) in [6.45, 7) is 0.514. The van der Waals surface area contributed by atoms with Crippen LogP contribution in [0.15, 0.2) is 48.9 Å². The van der Waals surface area contributed by atoms with Crippen molar-refractivity contribution in [3.8, 4) is 11.9 Å². The molecule has 0 spiro atoms. The molecule has 2 fully saturated rings. The molecule has 2 atom stereocenters. The van der Waals surface area contributed by atoms with Gasteiger partial charge in [0, 0.05) is 50.0 Å². The number of hydrogen-bond donors (Lipinski definition) is 3. The van der Waals surface area contributed by atoms with E-state index >= 15 is 0 Å². The van der Waals surface area contributed by atoms with Crippen LogP contribution in [0, 0.1) is 11.3 Å². The lowest BCUT2D eigenvalue weighted by Crippen LogP contribution is -2.53. The zero-order chi connectivity index (χ0) is 34.8. The van der Waals surface area contributed by atoms with E-state index in [2.05, 4.69) is 42.0 Å². The van der Waals surface area contributed by atoms with Gasteiger partial charge in [-0.15, -0.1) is 0 Å². The van der Waals surface area contributed by atoms with Crippen molar-refractivity contribution in [3.63, 3.8) is 0 Å². The van der Waals surface area contributed by atoms with E-state index in [0.717, 1.165) is 29.8 Å². The van der Waals surface area contributed by atoms with E-state index in [0.29, 0.717) is 72.6 Å². The fraction of sp³-hybridized carbons (Fsp3) is 0.400. The van der Waals surface area contributed by atoms with Crippen molar-refractivity contribution in [1.29, 1.82) is 5.26 Å². The lowest BCUT2D eigenvalue weighted by atomic mass is 10.0. The van der Waals surface area contributed by atoms with Crippen molar-refractivity contribution in [3.05, 3.63) is 65.6 Å². The highest BCUT2D eigenvalue weighted by Crippen LogP contribution is 2.40. The van der Waals surface area contributed by atoms with Crippen LogP contribution in [0.3, 0.4) is 0 Å². The fourth-order valence-corrected chi connectivity index (χ4v) is 6.46. The number of anilines is 3. The smallest absolute Gasteiger partial charge is 0.255 e. The van der Waals surface area contributed by atoms with E-state index in [4.69, 9.17) is 4.74 Å². The van der Waals surface area contributed by atoms with E-state index in [1.165, 1.54) is 12.4 Å². The molecule has 1 saturated carbocycles. The lowest BCUT2D eigenvalue weighted by molar-refractivity contribution is -0.134. The third-order valence-electron chi connectivity index (χ3n) is 9.08. The number of halogens is 1. The summed E-state index contributed by atoms with van der Waals surface area (Å²) in [5.41, 5.74) is 4.93. The molecule has 2 aliphatic heterocycles. The van der Waals surface area contributed by atoms with E-state index < -0.39 is 18.1 Å². The number of nitriles is 1. The van der Waals surface area contributed by atoms with Crippen molar-refractivity contribution >= 4 is 45.8 Å². The summed E-state index contributed by atoms with van der Waals surface area (Å²) in [4.78, 5) is 50.3. The summed E-state index contributed by atoms with van der Waals surface area (Å²) in [5.74, 6) is -0.504. The number of alkyl halides is 1. The molecule has 1 aliphatic carbocycles. The van der Waals surface area contributed by atoms with Crippen LogP contribution in [0.1, 0.15) is 53.6 Å². The highest BCUT2D eigenvalue weighted by atomic mass is 19.1. The number of imide groups is 1. The maximum atomic E-state index is 14.8. The van der Waals surface area contributed by atoms with Crippen LogP contribution in [0.5, 0.6) is 0 Å². The number of nitrogens with one attached hydrogen (secondary N) is 3. The van der Waals surface area contributed by atoms with Crippen molar-refractivity contribution in [2.45, 2.75) is 56.8 Å². The number of fused-ring (bicyclic) bond motifs is 2. The van der Waals surface area contributed by atoms with E-state index in [9.17, 15) is 24.0 Å². The largest absolute Gasteiger partial charge is 0.382 e. The van der Waals surface area contributed by atoms with Crippen LogP contribution >= 0.6 is 0 Å². The van der Waals surface area contributed by atoms with E-state index in [1.54, 1.807) is 23.0 Å². The minimum Gasteiger partial charge on any atom is -0.382 e. The van der Waals surface area contributed by atoms with Gasteiger partial charge in [0.05, 0.1) is 54.2 Å². The van der Waals surface area contributed by atoms with Crippen molar-refractivity contribution in [2.24, 2.45) is 0 Å². The van der Waals surface area contributed by atoms with Crippen LogP contribution in [-0.4, -0.2) is 89.2 Å². The molecule has 1 aromatic carbocycles. The average Bonchev–Trinajstić information content (AvgIpc) is 3.73. The summed E-state index contributed by atoms with van der Waals surface area (Å²) in [6.07, 6.45) is 7.25.